The van der Waals surface area contributed by atoms with E-state index in [1.165, 1.54) is 45.9 Å². The number of hydrogen-bond acceptors (Lipinski definition) is 14. The molecule has 4 amide bonds. The lowest BCUT2D eigenvalue weighted by Crippen LogP contribution is -2.34. The van der Waals surface area contributed by atoms with E-state index in [-0.39, 0.29) is 34.1 Å². The first-order chi connectivity index (χ1) is 33.1. The number of benzene rings is 4. The van der Waals surface area contributed by atoms with Gasteiger partial charge < -0.3 is 29.6 Å². The van der Waals surface area contributed by atoms with Crippen molar-refractivity contribution in [2.75, 3.05) is 44.8 Å². The van der Waals surface area contributed by atoms with E-state index in [2.05, 4.69) is 25.7 Å². The molecule has 2 aliphatic rings. The van der Waals surface area contributed by atoms with E-state index in [0.717, 1.165) is 40.1 Å². The molecule has 0 aliphatic carbocycles. The number of hydrogen-bond donors (Lipinski definition) is 2. The number of amides is 4. The van der Waals surface area contributed by atoms with Gasteiger partial charge in [0.2, 0.25) is 0 Å². The van der Waals surface area contributed by atoms with Gasteiger partial charge in [-0.3, -0.25) is 29.1 Å². The number of ether oxygens (including phenoxy) is 4. The number of rotatable bonds is 15. The van der Waals surface area contributed by atoms with Gasteiger partial charge in [0.15, 0.2) is 23.0 Å². The van der Waals surface area contributed by atoms with Crippen molar-refractivity contribution in [3.8, 4) is 23.0 Å². The highest BCUT2D eigenvalue weighted by molar-refractivity contribution is 8.14. The number of thioether (sulfide) groups is 2. The van der Waals surface area contributed by atoms with Crippen LogP contribution in [-0.2, 0) is 13.1 Å². The summed E-state index contributed by atoms with van der Waals surface area (Å²) < 4.78 is 21.5. The number of para-hydroxylation sites is 1. The monoisotopic (exact) mass is 952 g/mol. The lowest BCUT2D eigenvalue weighted by Gasteiger charge is -2.28. The van der Waals surface area contributed by atoms with Gasteiger partial charge in [0.1, 0.15) is 0 Å². The Morgan fingerprint density at radius 1 is 0.647 bits per heavy atom. The first-order valence-electron chi connectivity index (χ1n) is 21.2. The van der Waals surface area contributed by atoms with Crippen molar-refractivity contribution in [2.24, 2.45) is 10.2 Å². The third-order valence-corrected chi connectivity index (χ3v) is 12.6. The summed E-state index contributed by atoms with van der Waals surface area (Å²) in [5, 5.41) is 17.6. The van der Waals surface area contributed by atoms with Crippen molar-refractivity contribution in [3.63, 3.8) is 0 Å². The van der Waals surface area contributed by atoms with Gasteiger partial charge in [-0.15, -0.1) is 0 Å². The minimum absolute atomic E-state index is 0.0538. The number of aromatic nitrogens is 2. The number of carbonyl (C=O) groups is 4. The molecule has 0 spiro atoms. The van der Waals surface area contributed by atoms with Crippen LogP contribution in [0.15, 0.2) is 144 Å². The Balaban J connectivity index is 0.000000202. The molecule has 6 aromatic rings. The molecule has 18 heteroatoms. The summed E-state index contributed by atoms with van der Waals surface area (Å²) in [6.07, 6.45) is 7.01. The fraction of sp³-hybridized carbons (Fsp3) is 0.200. The second kappa shape index (κ2) is 23.2. The molecular formula is C50H48N8O8S2. The number of anilines is 2. The summed E-state index contributed by atoms with van der Waals surface area (Å²) >= 11 is 2.45. The second-order valence-corrected chi connectivity index (χ2v) is 16.9. The molecule has 0 fully saturated rings. The fourth-order valence-electron chi connectivity index (χ4n) is 6.97. The summed E-state index contributed by atoms with van der Waals surface area (Å²) in [7, 11) is 6.34. The Labute approximate surface area is 402 Å². The molecule has 68 heavy (non-hydrogen) atoms. The van der Waals surface area contributed by atoms with E-state index in [9.17, 15) is 19.2 Å². The molecule has 4 heterocycles. The van der Waals surface area contributed by atoms with Gasteiger partial charge >= 0.3 is 10.5 Å². The lowest BCUT2D eigenvalue weighted by atomic mass is 10.0. The van der Waals surface area contributed by atoms with Crippen molar-refractivity contribution in [1.82, 2.24) is 20.0 Å². The van der Waals surface area contributed by atoms with Gasteiger partial charge in [0.25, 0.3) is 11.8 Å². The van der Waals surface area contributed by atoms with Crippen molar-refractivity contribution < 1.29 is 38.1 Å². The average Bonchev–Trinajstić information content (AvgIpc) is 3.38. The van der Waals surface area contributed by atoms with Crippen LogP contribution in [0.2, 0.25) is 0 Å². The molecule has 2 N–H and O–H groups in total. The third-order valence-electron chi connectivity index (χ3n) is 10.5. The minimum Gasteiger partial charge on any atom is -0.493 e. The number of nitrogens with one attached hydrogen (secondary N) is 2. The van der Waals surface area contributed by atoms with E-state index in [4.69, 9.17) is 24.0 Å². The highest BCUT2D eigenvalue weighted by atomic mass is 32.2. The molecule has 0 saturated carbocycles. The van der Waals surface area contributed by atoms with E-state index in [1.807, 2.05) is 73.7 Å². The van der Waals surface area contributed by atoms with Gasteiger partial charge in [-0.2, -0.15) is 10.2 Å². The fourth-order valence-corrected chi connectivity index (χ4v) is 8.64. The lowest BCUT2D eigenvalue weighted by molar-refractivity contribution is 0.101. The molecule has 2 aromatic heterocycles. The zero-order chi connectivity index (χ0) is 48.0. The molecule has 2 aliphatic heterocycles. The van der Waals surface area contributed by atoms with Crippen molar-refractivity contribution in [2.45, 2.75) is 31.7 Å². The smallest absolute Gasteiger partial charge is 0.302 e. The summed E-state index contributed by atoms with van der Waals surface area (Å²) in [4.78, 5) is 58.3. The van der Waals surface area contributed by atoms with Crippen LogP contribution in [0.25, 0.3) is 0 Å². The minimum atomic E-state index is -0.274. The number of carbonyl (C=O) groups excluding carboxylic acids is 4. The van der Waals surface area contributed by atoms with Crippen molar-refractivity contribution >= 4 is 68.6 Å². The topological polar surface area (TPSA) is 186 Å². The summed E-state index contributed by atoms with van der Waals surface area (Å²) in [5.74, 6) is 2.40. The molecule has 4 aromatic carbocycles. The highest BCUT2D eigenvalue weighted by Crippen LogP contribution is 2.34. The normalized spacial score (nSPS) is 14.4. The Hall–Kier alpha value is -7.70. The van der Waals surface area contributed by atoms with Crippen LogP contribution in [-0.4, -0.2) is 93.1 Å². The highest BCUT2D eigenvalue weighted by Gasteiger charge is 2.31. The molecule has 0 bridgehead atoms. The van der Waals surface area contributed by atoms with Crippen molar-refractivity contribution in [3.05, 3.63) is 167 Å². The first kappa shape index (κ1) is 48.2. The van der Waals surface area contributed by atoms with E-state index >= 15 is 0 Å². The van der Waals surface area contributed by atoms with Gasteiger partial charge in [-0.1, -0.05) is 60.8 Å². The standard InChI is InChI=1S/C26H26N4O4S.C24H22N4O4S/c1-4-23-24(18-9-12-21(33-2)22(14-18)34-3)29-30(26(32)35-23)16-17-7-10-20(11-8-17)28-25(31)19-6-5-13-27-15-19;1-31-21-10-9-16(12-22(21)32-2)20-15-33-24(30)28(27-20)14-18-6-3-4-8-19(18)26-23(29)17-7-5-11-25-13-17/h5-15,23H,4,16H2,1-3H3,(H,28,31);3-13H,14-15H2,1-2H3,(H,26,29). The maximum atomic E-state index is 12.8. The molecular weight excluding hydrogens is 905 g/mol. The number of pyridine rings is 2. The van der Waals surface area contributed by atoms with E-state index < -0.39 is 0 Å². The van der Waals surface area contributed by atoms with Crippen LogP contribution in [0, 0.1) is 0 Å². The Morgan fingerprint density at radius 2 is 1.24 bits per heavy atom. The van der Waals surface area contributed by atoms with E-state index in [0.29, 0.717) is 57.8 Å². The predicted octanol–water partition coefficient (Wildman–Crippen LogP) is 9.63. The van der Waals surface area contributed by atoms with Crippen LogP contribution >= 0.6 is 23.5 Å². The Bertz CT molecular complexity index is 2810. The zero-order valence-corrected chi connectivity index (χ0v) is 39.5. The summed E-state index contributed by atoms with van der Waals surface area (Å²) in [6, 6.07) is 32.7. The molecule has 0 radical (unpaired) electrons. The maximum absolute atomic E-state index is 12.8. The van der Waals surface area contributed by atoms with Crippen LogP contribution in [0.4, 0.5) is 21.0 Å². The largest absolute Gasteiger partial charge is 0.493 e. The molecule has 1 atom stereocenters. The van der Waals surface area contributed by atoms with Crippen LogP contribution < -0.4 is 29.6 Å². The average molecular weight is 953 g/mol. The second-order valence-electron chi connectivity index (χ2n) is 14.9. The predicted molar refractivity (Wildman–Crippen MR) is 265 cm³/mol. The molecule has 348 valence electrons. The summed E-state index contributed by atoms with van der Waals surface area (Å²) in [5.41, 5.74) is 7.14. The quantitative estimate of drug-likeness (QED) is 0.0994. The van der Waals surface area contributed by atoms with Crippen molar-refractivity contribution in [1.29, 1.82) is 0 Å². The first-order valence-corrected chi connectivity index (χ1v) is 23.1. The van der Waals surface area contributed by atoms with Gasteiger partial charge in [-0.25, -0.2) is 10.0 Å². The molecule has 0 saturated heterocycles. The zero-order valence-electron chi connectivity index (χ0n) is 37.9. The third kappa shape index (κ3) is 12.0. The maximum Gasteiger partial charge on any atom is 0.302 e. The van der Waals surface area contributed by atoms with E-state index in [1.54, 1.807) is 83.3 Å². The number of nitrogens with zero attached hydrogens (tertiary/aromatic N) is 6. The number of methoxy groups -OCH3 is 4. The Morgan fingerprint density at radius 3 is 1.84 bits per heavy atom. The van der Waals surface area contributed by atoms with Gasteiger partial charge in [0.05, 0.1) is 69.3 Å². The Kier molecular flexibility index (Phi) is 16.4. The molecule has 8 rings (SSSR count). The summed E-state index contributed by atoms with van der Waals surface area (Å²) in [6.45, 7) is 2.57. The number of hydrazone groups is 2. The van der Waals surface area contributed by atoms with Gasteiger partial charge in [-0.05, 0) is 96.4 Å². The van der Waals surface area contributed by atoms with Crippen LogP contribution in [0.5, 0.6) is 23.0 Å². The van der Waals surface area contributed by atoms with Gasteiger partial charge in [0, 0.05) is 53.0 Å². The molecule has 16 nitrogen and oxygen atoms in total. The SMILES string of the molecule is CCC1SC(=O)N(Cc2ccc(NC(=O)c3cccnc3)cc2)N=C1c1ccc(OC)c(OC)c1.COc1ccc(C2=NN(Cc3ccccc3NC(=O)c3cccnc3)C(=O)SC2)cc1OC. The van der Waals surface area contributed by atoms with Crippen LogP contribution in [0.3, 0.4) is 0 Å². The molecule has 1 unspecified atom stereocenters. The van der Waals surface area contributed by atoms with Crippen LogP contribution in [0.1, 0.15) is 56.3 Å².